The van der Waals surface area contributed by atoms with Crippen molar-refractivity contribution in [2.45, 2.75) is 30.6 Å². The SMILES string of the molecule is CC([C@@H]1CO[C@@](Cn2ccnc2)(c2ccc(Cl)cc2Cl)O1)S(=O)(=O)O. The molecular formula is C15H16Cl2N2O5S. The molecule has 0 saturated carbocycles. The molecule has 1 unspecified atom stereocenters. The van der Waals surface area contributed by atoms with Gasteiger partial charge in [-0.2, -0.15) is 8.42 Å². The number of benzene rings is 1. The molecule has 25 heavy (non-hydrogen) atoms. The van der Waals surface area contributed by atoms with Crippen LogP contribution in [0.2, 0.25) is 10.0 Å². The average Bonchev–Trinajstić information content (AvgIpc) is 3.16. The van der Waals surface area contributed by atoms with Gasteiger partial charge in [0.15, 0.2) is 0 Å². The summed E-state index contributed by atoms with van der Waals surface area (Å²) in [6.07, 6.45) is 4.05. The number of ether oxygens (including phenoxy) is 2. The van der Waals surface area contributed by atoms with Crippen molar-refractivity contribution in [2.75, 3.05) is 6.61 Å². The Kier molecular flexibility index (Phi) is 5.11. The first-order chi connectivity index (χ1) is 11.7. The topological polar surface area (TPSA) is 90.7 Å². The van der Waals surface area contributed by atoms with Crippen LogP contribution in [0.4, 0.5) is 0 Å². The second-order valence-electron chi connectivity index (χ2n) is 5.80. The van der Waals surface area contributed by atoms with Gasteiger partial charge in [0.1, 0.15) is 11.4 Å². The third-order valence-corrected chi connectivity index (χ3v) is 5.90. The molecule has 1 N–H and O–H groups in total. The summed E-state index contributed by atoms with van der Waals surface area (Å²) < 4.78 is 45.8. The molecule has 0 bridgehead atoms. The summed E-state index contributed by atoms with van der Waals surface area (Å²) in [5.74, 6) is -1.33. The maximum absolute atomic E-state index is 11.5. The van der Waals surface area contributed by atoms with Gasteiger partial charge in [-0.05, 0) is 19.1 Å². The van der Waals surface area contributed by atoms with E-state index in [1.54, 1.807) is 41.5 Å². The zero-order valence-corrected chi connectivity index (χ0v) is 15.5. The van der Waals surface area contributed by atoms with Crippen molar-refractivity contribution >= 4 is 33.3 Å². The minimum atomic E-state index is -4.28. The van der Waals surface area contributed by atoms with Crippen LogP contribution < -0.4 is 0 Å². The lowest BCUT2D eigenvalue weighted by atomic mass is 10.1. The van der Waals surface area contributed by atoms with Crippen LogP contribution in [0, 0.1) is 0 Å². The molecule has 1 aliphatic heterocycles. The van der Waals surface area contributed by atoms with Crippen LogP contribution in [0.3, 0.4) is 0 Å². The van der Waals surface area contributed by atoms with Crippen LogP contribution in [0.5, 0.6) is 0 Å². The Morgan fingerprint density at radius 2 is 2.24 bits per heavy atom. The fraction of sp³-hybridized carbons (Fsp3) is 0.400. The van der Waals surface area contributed by atoms with Gasteiger partial charge in [0.05, 0.1) is 24.5 Å². The predicted octanol–water partition coefficient (Wildman–Crippen LogP) is 2.73. The van der Waals surface area contributed by atoms with Crippen LogP contribution in [0.25, 0.3) is 0 Å². The van der Waals surface area contributed by atoms with E-state index in [2.05, 4.69) is 4.98 Å². The van der Waals surface area contributed by atoms with Crippen LogP contribution in [-0.2, 0) is 31.9 Å². The van der Waals surface area contributed by atoms with Gasteiger partial charge in [-0.3, -0.25) is 4.55 Å². The van der Waals surface area contributed by atoms with E-state index in [0.717, 1.165) is 0 Å². The Morgan fingerprint density at radius 3 is 2.84 bits per heavy atom. The monoisotopic (exact) mass is 406 g/mol. The highest BCUT2D eigenvalue weighted by molar-refractivity contribution is 7.86. The smallest absolute Gasteiger partial charge is 0.270 e. The Balaban J connectivity index is 1.99. The minimum Gasteiger partial charge on any atom is -0.342 e. The first-order valence-corrected chi connectivity index (χ1v) is 9.66. The van der Waals surface area contributed by atoms with E-state index < -0.39 is 27.3 Å². The number of nitrogens with zero attached hydrogens (tertiary/aromatic N) is 2. The number of imidazole rings is 1. The fourth-order valence-electron chi connectivity index (χ4n) is 2.68. The van der Waals surface area contributed by atoms with Crippen molar-refractivity contribution in [3.63, 3.8) is 0 Å². The molecule has 3 atom stereocenters. The highest BCUT2D eigenvalue weighted by Gasteiger charge is 2.48. The van der Waals surface area contributed by atoms with Gasteiger partial charge in [0.2, 0.25) is 5.79 Å². The molecule has 0 spiro atoms. The van der Waals surface area contributed by atoms with E-state index in [1.807, 2.05) is 0 Å². The lowest BCUT2D eigenvalue weighted by molar-refractivity contribution is -0.186. The van der Waals surface area contributed by atoms with Gasteiger partial charge >= 0.3 is 0 Å². The lowest BCUT2D eigenvalue weighted by Crippen LogP contribution is -2.37. The standard InChI is InChI=1S/C15H16Cl2N2O5S/c1-10(25(20,21)22)14-7-23-15(24-14,8-19-5-4-18-9-19)12-3-2-11(16)6-13(12)17/h2-6,9-10,14H,7-8H2,1H3,(H,20,21,22)/t10?,14-,15+/m0/s1. The number of aromatic nitrogens is 2. The maximum atomic E-state index is 11.5. The van der Waals surface area contributed by atoms with Gasteiger partial charge in [-0.25, -0.2) is 4.98 Å². The molecule has 10 heteroatoms. The van der Waals surface area contributed by atoms with Crippen LogP contribution in [0.15, 0.2) is 36.9 Å². The van der Waals surface area contributed by atoms with Crippen LogP contribution in [-0.4, -0.2) is 40.5 Å². The molecule has 3 rings (SSSR count). The van der Waals surface area contributed by atoms with Crippen LogP contribution >= 0.6 is 23.2 Å². The molecular weight excluding hydrogens is 391 g/mol. The van der Waals surface area contributed by atoms with Crippen molar-refractivity contribution in [1.29, 1.82) is 0 Å². The minimum absolute atomic E-state index is 0.0192. The average molecular weight is 407 g/mol. The molecule has 1 fully saturated rings. The van der Waals surface area contributed by atoms with Gasteiger partial charge in [0, 0.05) is 23.0 Å². The molecule has 136 valence electrons. The number of hydrogen-bond donors (Lipinski definition) is 1. The summed E-state index contributed by atoms with van der Waals surface area (Å²) in [7, 11) is -4.28. The van der Waals surface area contributed by atoms with Crippen molar-refractivity contribution in [2.24, 2.45) is 0 Å². The lowest BCUT2D eigenvalue weighted by Gasteiger charge is -2.30. The quantitative estimate of drug-likeness (QED) is 0.767. The first-order valence-electron chi connectivity index (χ1n) is 7.41. The molecule has 2 heterocycles. The Hall–Kier alpha value is -1.16. The molecule has 0 aliphatic carbocycles. The molecule has 1 aromatic heterocycles. The van der Waals surface area contributed by atoms with Crippen LogP contribution in [0.1, 0.15) is 12.5 Å². The number of hydrogen-bond acceptors (Lipinski definition) is 5. The third-order valence-electron chi connectivity index (χ3n) is 4.11. The summed E-state index contributed by atoms with van der Waals surface area (Å²) in [5.41, 5.74) is 0.511. The van der Waals surface area contributed by atoms with Gasteiger partial charge < -0.3 is 14.0 Å². The van der Waals surface area contributed by atoms with E-state index in [-0.39, 0.29) is 13.2 Å². The second-order valence-corrected chi connectivity index (χ2v) is 8.42. The summed E-state index contributed by atoms with van der Waals surface area (Å²) in [6.45, 7) is 1.54. The molecule has 7 nitrogen and oxygen atoms in total. The third kappa shape index (κ3) is 3.84. The largest absolute Gasteiger partial charge is 0.342 e. The Labute approximate surface area is 155 Å². The molecule has 0 amide bonds. The number of rotatable bonds is 5. The molecule has 1 aliphatic rings. The summed E-state index contributed by atoms with van der Waals surface area (Å²) in [4.78, 5) is 3.98. The van der Waals surface area contributed by atoms with E-state index in [9.17, 15) is 13.0 Å². The van der Waals surface area contributed by atoms with Crippen molar-refractivity contribution in [3.8, 4) is 0 Å². The summed E-state index contributed by atoms with van der Waals surface area (Å²) in [6, 6.07) is 4.87. The van der Waals surface area contributed by atoms with E-state index in [0.29, 0.717) is 15.6 Å². The molecule has 0 radical (unpaired) electrons. The molecule has 2 aromatic rings. The fourth-order valence-corrected chi connectivity index (χ4v) is 3.75. The summed E-state index contributed by atoms with van der Waals surface area (Å²) >= 11 is 12.3. The molecule has 1 saturated heterocycles. The van der Waals surface area contributed by atoms with Gasteiger partial charge in [-0.15, -0.1) is 0 Å². The highest BCUT2D eigenvalue weighted by Crippen LogP contribution is 2.41. The zero-order chi connectivity index (χ0) is 18.2. The Morgan fingerprint density at radius 1 is 1.48 bits per heavy atom. The summed E-state index contributed by atoms with van der Waals surface area (Å²) in [5, 5.41) is -0.372. The van der Waals surface area contributed by atoms with Crippen molar-refractivity contribution in [1.82, 2.24) is 9.55 Å². The normalized spacial score (nSPS) is 25.2. The van der Waals surface area contributed by atoms with E-state index in [4.69, 9.17) is 32.7 Å². The van der Waals surface area contributed by atoms with E-state index in [1.165, 1.54) is 6.92 Å². The maximum Gasteiger partial charge on any atom is 0.270 e. The number of halogens is 2. The van der Waals surface area contributed by atoms with Gasteiger partial charge in [0.25, 0.3) is 10.1 Å². The van der Waals surface area contributed by atoms with Crippen molar-refractivity contribution < 1.29 is 22.4 Å². The first kappa shape index (κ1) is 18.6. The van der Waals surface area contributed by atoms with Gasteiger partial charge in [-0.1, -0.05) is 29.3 Å². The van der Waals surface area contributed by atoms with E-state index >= 15 is 0 Å². The zero-order valence-electron chi connectivity index (χ0n) is 13.2. The highest BCUT2D eigenvalue weighted by atomic mass is 35.5. The second kappa shape index (κ2) is 6.86. The molecule has 1 aromatic carbocycles. The Bertz CT molecular complexity index is 859. The van der Waals surface area contributed by atoms with Crippen molar-refractivity contribution in [3.05, 3.63) is 52.5 Å². The predicted molar refractivity (Wildman–Crippen MR) is 92.2 cm³/mol.